The lowest BCUT2D eigenvalue weighted by Gasteiger charge is -2.07. The maximum atomic E-state index is 12.5. The number of pyridine rings is 1. The molecule has 3 aromatic heterocycles. The monoisotopic (exact) mass is 362 g/mol. The molecule has 6 nitrogen and oxygen atoms in total. The number of carbonyl (C=O) groups is 1. The third kappa shape index (κ3) is 3.18. The largest absolute Gasteiger partial charge is 0.464 e. The molecule has 4 rings (SSSR count). The normalized spacial score (nSPS) is 11.6. The van der Waals surface area contributed by atoms with Gasteiger partial charge in [0.25, 0.3) is 0 Å². The first kappa shape index (κ1) is 17.3. The molecule has 0 saturated carbocycles. The predicted octanol–water partition coefficient (Wildman–Crippen LogP) is 4.56. The third-order valence-electron chi connectivity index (χ3n) is 4.83. The fourth-order valence-corrected chi connectivity index (χ4v) is 3.24. The van der Waals surface area contributed by atoms with Gasteiger partial charge < -0.3 is 9.73 Å². The summed E-state index contributed by atoms with van der Waals surface area (Å²) in [5, 5.41) is 9.17. The highest BCUT2D eigenvalue weighted by Crippen LogP contribution is 2.25. The lowest BCUT2D eigenvalue weighted by atomic mass is 10.0. The van der Waals surface area contributed by atoms with Crippen LogP contribution in [0.3, 0.4) is 0 Å². The quantitative estimate of drug-likeness (QED) is 0.578. The Kier molecular flexibility index (Phi) is 4.18. The molecule has 0 bridgehead atoms. The minimum absolute atomic E-state index is 0.103. The summed E-state index contributed by atoms with van der Waals surface area (Å²) >= 11 is 0. The van der Waals surface area contributed by atoms with Crippen molar-refractivity contribution < 1.29 is 9.21 Å². The number of rotatable bonds is 4. The minimum atomic E-state index is -0.103. The summed E-state index contributed by atoms with van der Waals surface area (Å²) < 4.78 is 7.48. The molecule has 0 aliphatic heterocycles. The van der Waals surface area contributed by atoms with Crippen LogP contribution in [-0.4, -0.2) is 20.7 Å². The summed E-state index contributed by atoms with van der Waals surface area (Å²) in [6, 6.07) is 6.21. The summed E-state index contributed by atoms with van der Waals surface area (Å²) in [5.74, 6) is -0.103. The molecular formula is C21H22N4O2. The molecule has 138 valence electrons. The van der Waals surface area contributed by atoms with Crippen molar-refractivity contribution in [3.63, 3.8) is 0 Å². The molecule has 1 amide bonds. The number of benzene rings is 1. The van der Waals surface area contributed by atoms with E-state index in [0.29, 0.717) is 5.69 Å². The second-order valence-corrected chi connectivity index (χ2v) is 7.24. The topological polar surface area (TPSA) is 73.0 Å². The molecule has 0 spiro atoms. The van der Waals surface area contributed by atoms with Gasteiger partial charge in [-0.05, 0) is 57.0 Å². The molecule has 0 radical (unpaired) electrons. The van der Waals surface area contributed by atoms with Crippen molar-refractivity contribution >= 4 is 33.6 Å². The number of aromatic nitrogens is 3. The van der Waals surface area contributed by atoms with Gasteiger partial charge in [-0.2, -0.15) is 5.10 Å². The Morgan fingerprint density at radius 3 is 2.74 bits per heavy atom. The second-order valence-electron chi connectivity index (χ2n) is 7.24. The smallest absolute Gasteiger partial charge is 0.228 e. The van der Waals surface area contributed by atoms with E-state index in [2.05, 4.69) is 42.2 Å². The third-order valence-corrected chi connectivity index (χ3v) is 4.83. The fraction of sp³-hybridized carbons (Fsp3) is 0.286. The molecule has 4 aromatic rings. The Hall–Kier alpha value is -3.15. The van der Waals surface area contributed by atoms with Gasteiger partial charge in [-0.3, -0.25) is 4.79 Å². The molecule has 6 heteroatoms. The zero-order chi connectivity index (χ0) is 19.1. The number of nitrogens with zero attached hydrogens (tertiary/aromatic N) is 3. The van der Waals surface area contributed by atoms with Crippen LogP contribution in [0, 0.1) is 13.8 Å². The molecule has 0 fully saturated rings. The van der Waals surface area contributed by atoms with Crippen molar-refractivity contribution in [1.82, 2.24) is 14.8 Å². The maximum absolute atomic E-state index is 12.5. The van der Waals surface area contributed by atoms with Gasteiger partial charge in [-0.25, -0.2) is 9.67 Å². The molecule has 1 N–H and O–H groups in total. The molecular weight excluding hydrogens is 340 g/mol. The summed E-state index contributed by atoms with van der Waals surface area (Å²) in [7, 11) is 0. The molecule has 0 saturated heterocycles. The Morgan fingerprint density at radius 2 is 1.96 bits per heavy atom. The van der Waals surface area contributed by atoms with Gasteiger partial charge in [0.2, 0.25) is 5.91 Å². The number of hydrogen-bond donors (Lipinski definition) is 1. The van der Waals surface area contributed by atoms with Crippen molar-refractivity contribution in [2.45, 2.75) is 40.2 Å². The van der Waals surface area contributed by atoms with E-state index in [4.69, 9.17) is 4.42 Å². The highest BCUT2D eigenvalue weighted by Gasteiger charge is 2.13. The van der Waals surface area contributed by atoms with E-state index >= 15 is 0 Å². The van der Waals surface area contributed by atoms with Gasteiger partial charge in [0.1, 0.15) is 5.58 Å². The van der Waals surface area contributed by atoms with Crippen molar-refractivity contribution in [1.29, 1.82) is 0 Å². The van der Waals surface area contributed by atoms with E-state index in [1.165, 1.54) is 11.1 Å². The number of nitrogens with one attached hydrogen (secondary N) is 1. The van der Waals surface area contributed by atoms with Crippen LogP contribution in [0.2, 0.25) is 0 Å². The van der Waals surface area contributed by atoms with Gasteiger partial charge in [0.05, 0.1) is 30.8 Å². The van der Waals surface area contributed by atoms with Crippen LogP contribution in [0.5, 0.6) is 0 Å². The van der Waals surface area contributed by atoms with Crippen LogP contribution in [-0.2, 0) is 11.2 Å². The van der Waals surface area contributed by atoms with Gasteiger partial charge in [0, 0.05) is 22.4 Å². The number of furan rings is 1. The standard InChI is InChI=1S/C21H22N4O2/c1-12(2)25-21-15(9-23-25)7-17(10-22-21)24-20(26)8-16-11-27-19-6-14(4)13(3)5-18(16)19/h5-7,9-12H,8H2,1-4H3,(H,24,26). The lowest BCUT2D eigenvalue weighted by Crippen LogP contribution is -2.14. The Morgan fingerprint density at radius 1 is 1.19 bits per heavy atom. The van der Waals surface area contributed by atoms with Crippen LogP contribution in [0.15, 0.2) is 41.3 Å². The Bertz CT molecular complexity index is 1150. The van der Waals surface area contributed by atoms with Crippen LogP contribution in [0.25, 0.3) is 22.0 Å². The average molecular weight is 362 g/mol. The Labute approximate surface area is 157 Å². The van der Waals surface area contributed by atoms with Crippen molar-refractivity contribution in [3.05, 3.63) is 53.5 Å². The van der Waals surface area contributed by atoms with Crippen LogP contribution in [0.1, 0.15) is 36.6 Å². The molecule has 1 aromatic carbocycles. The SMILES string of the molecule is Cc1cc2occ(CC(=O)Nc3cnc4c(cnn4C(C)C)c3)c2cc1C. The van der Waals surface area contributed by atoms with Crippen molar-refractivity contribution in [3.8, 4) is 0 Å². The highest BCUT2D eigenvalue weighted by atomic mass is 16.3. The second kappa shape index (κ2) is 6.54. The van der Waals surface area contributed by atoms with Crippen molar-refractivity contribution in [2.75, 3.05) is 5.32 Å². The van der Waals surface area contributed by atoms with E-state index in [-0.39, 0.29) is 18.4 Å². The number of amides is 1. The molecule has 3 heterocycles. The molecule has 0 atom stereocenters. The summed E-state index contributed by atoms with van der Waals surface area (Å²) in [6.07, 6.45) is 5.35. The number of carbonyl (C=O) groups excluding carboxylic acids is 1. The first-order valence-corrected chi connectivity index (χ1v) is 9.03. The molecule has 27 heavy (non-hydrogen) atoms. The number of anilines is 1. The highest BCUT2D eigenvalue weighted by molar-refractivity contribution is 5.96. The number of hydrogen-bond acceptors (Lipinski definition) is 4. The van der Waals surface area contributed by atoms with E-state index in [1.807, 2.05) is 23.7 Å². The average Bonchev–Trinajstić information content (AvgIpc) is 3.20. The molecule has 0 aliphatic rings. The summed E-state index contributed by atoms with van der Waals surface area (Å²) in [4.78, 5) is 17.0. The molecule has 0 unspecified atom stereocenters. The fourth-order valence-electron chi connectivity index (χ4n) is 3.24. The lowest BCUT2D eigenvalue weighted by molar-refractivity contribution is -0.115. The first-order chi connectivity index (χ1) is 12.9. The van der Waals surface area contributed by atoms with Gasteiger partial charge >= 0.3 is 0 Å². The minimum Gasteiger partial charge on any atom is -0.464 e. The maximum Gasteiger partial charge on any atom is 0.228 e. The van der Waals surface area contributed by atoms with Crippen LogP contribution >= 0.6 is 0 Å². The van der Waals surface area contributed by atoms with Gasteiger partial charge in [-0.1, -0.05) is 0 Å². The van der Waals surface area contributed by atoms with E-state index in [0.717, 1.165) is 27.6 Å². The zero-order valence-electron chi connectivity index (χ0n) is 15.9. The van der Waals surface area contributed by atoms with Crippen LogP contribution in [0.4, 0.5) is 5.69 Å². The van der Waals surface area contributed by atoms with E-state index in [1.54, 1.807) is 18.7 Å². The number of fused-ring (bicyclic) bond motifs is 2. The Balaban J connectivity index is 1.54. The summed E-state index contributed by atoms with van der Waals surface area (Å²) in [5.41, 5.74) is 5.53. The molecule has 0 aliphatic carbocycles. The van der Waals surface area contributed by atoms with Gasteiger partial charge in [-0.15, -0.1) is 0 Å². The van der Waals surface area contributed by atoms with E-state index < -0.39 is 0 Å². The van der Waals surface area contributed by atoms with Crippen LogP contribution < -0.4 is 5.32 Å². The predicted molar refractivity (Wildman–Crippen MR) is 106 cm³/mol. The summed E-state index contributed by atoms with van der Waals surface area (Å²) in [6.45, 7) is 8.22. The van der Waals surface area contributed by atoms with Crippen molar-refractivity contribution in [2.24, 2.45) is 0 Å². The van der Waals surface area contributed by atoms with E-state index in [9.17, 15) is 4.79 Å². The first-order valence-electron chi connectivity index (χ1n) is 9.03. The zero-order valence-corrected chi connectivity index (χ0v) is 15.9. The van der Waals surface area contributed by atoms with Gasteiger partial charge in [0.15, 0.2) is 5.65 Å². The number of aryl methyl sites for hydroxylation is 2.